The van der Waals surface area contributed by atoms with Crippen molar-refractivity contribution in [2.24, 2.45) is 0 Å². The summed E-state index contributed by atoms with van der Waals surface area (Å²) >= 11 is 0. The van der Waals surface area contributed by atoms with Crippen LogP contribution in [0.1, 0.15) is 58.6 Å². The highest BCUT2D eigenvalue weighted by Gasteiger charge is 2.43. The van der Waals surface area contributed by atoms with Crippen molar-refractivity contribution >= 4 is 20.1 Å². The topological polar surface area (TPSA) is 61.8 Å². The third kappa shape index (κ3) is 6.73. The molecule has 5 nitrogen and oxygen atoms in total. The fraction of sp³-hybridized carbons (Fsp3) is 0.520. The first-order valence-electron chi connectivity index (χ1n) is 10.9. The summed E-state index contributed by atoms with van der Waals surface area (Å²) in [6, 6.07) is 9.25. The Morgan fingerprint density at radius 3 is 2.45 bits per heavy atom. The van der Waals surface area contributed by atoms with E-state index >= 15 is 0 Å². The van der Waals surface area contributed by atoms with Gasteiger partial charge in [0.15, 0.2) is 14.1 Å². The van der Waals surface area contributed by atoms with Crippen LogP contribution in [-0.4, -0.2) is 32.5 Å². The molecule has 6 heteroatoms. The van der Waals surface area contributed by atoms with Crippen LogP contribution in [0.15, 0.2) is 54.6 Å². The van der Waals surface area contributed by atoms with Gasteiger partial charge in [0.1, 0.15) is 6.10 Å². The van der Waals surface area contributed by atoms with Gasteiger partial charge in [-0.25, -0.2) is 0 Å². The summed E-state index contributed by atoms with van der Waals surface area (Å²) < 4.78 is 18.3. The fourth-order valence-corrected chi connectivity index (χ4v) is 4.53. The lowest BCUT2D eigenvalue weighted by Gasteiger charge is -2.41. The predicted molar refractivity (Wildman–Crippen MR) is 125 cm³/mol. The van der Waals surface area contributed by atoms with Crippen molar-refractivity contribution in [1.82, 2.24) is 0 Å². The van der Waals surface area contributed by atoms with Crippen molar-refractivity contribution in [3.05, 3.63) is 60.2 Å². The average molecular weight is 445 g/mol. The third-order valence-corrected chi connectivity index (χ3v) is 10.5. The molecule has 2 rings (SSSR count). The van der Waals surface area contributed by atoms with E-state index in [2.05, 4.69) is 40.4 Å². The van der Waals surface area contributed by atoms with Gasteiger partial charge in [0, 0.05) is 12.5 Å². The number of benzene rings is 1. The molecular formula is C25H36O5Si. The van der Waals surface area contributed by atoms with E-state index in [0.29, 0.717) is 12.0 Å². The summed E-state index contributed by atoms with van der Waals surface area (Å²) in [5, 5.41) is -0.00666. The number of allylic oxidation sites excluding steroid dienone is 1. The molecule has 1 aliphatic rings. The van der Waals surface area contributed by atoms with Crippen molar-refractivity contribution in [3.8, 4) is 0 Å². The Balaban J connectivity index is 2.42. The van der Waals surface area contributed by atoms with Crippen molar-refractivity contribution < 1.29 is 23.5 Å². The van der Waals surface area contributed by atoms with Crippen LogP contribution in [0.5, 0.6) is 0 Å². The molecule has 1 aromatic carbocycles. The van der Waals surface area contributed by atoms with E-state index in [4.69, 9.17) is 13.9 Å². The van der Waals surface area contributed by atoms with Crippen LogP contribution in [-0.2, 0) is 23.5 Å². The van der Waals surface area contributed by atoms with Gasteiger partial charge in [0.05, 0.1) is 6.10 Å². The minimum Gasteiger partial charge on any atom is -0.432 e. The molecule has 3 atom stereocenters. The number of rotatable bonds is 9. The van der Waals surface area contributed by atoms with E-state index in [9.17, 15) is 9.59 Å². The van der Waals surface area contributed by atoms with Crippen molar-refractivity contribution in [2.75, 3.05) is 0 Å². The van der Waals surface area contributed by atoms with E-state index in [-0.39, 0.29) is 16.9 Å². The number of carbonyl (C=O) groups excluding carboxylic acids is 2. The Labute approximate surface area is 187 Å². The monoisotopic (exact) mass is 444 g/mol. The summed E-state index contributed by atoms with van der Waals surface area (Å²) in [4.78, 5) is 24.9. The van der Waals surface area contributed by atoms with Crippen LogP contribution in [0.25, 0.3) is 0 Å². The van der Waals surface area contributed by atoms with Crippen LogP contribution in [0.2, 0.25) is 18.1 Å². The van der Waals surface area contributed by atoms with Crippen molar-refractivity contribution in [3.63, 3.8) is 0 Å². The number of unbranched alkanes of at least 4 members (excludes halogenated alkanes) is 1. The van der Waals surface area contributed by atoms with Gasteiger partial charge in [0.2, 0.25) is 6.29 Å². The van der Waals surface area contributed by atoms with E-state index in [1.54, 1.807) is 6.08 Å². The van der Waals surface area contributed by atoms with Gasteiger partial charge in [-0.2, -0.15) is 0 Å². The van der Waals surface area contributed by atoms with Gasteiger partial charge in [-0.15, -0.1) is 6.58 Å². The molecule has 170 valence electrons. The number of ether oxygens (including phenoxy) is 2. The van der Waals surface area contributed by atoms with Crippen LogP contribution in [0.3, 0.4) is 0 Å². The average Bonchev–Trinajstić information content (AvgIpc) is 2.68. The van der Waals surface area contributed by atoms with Gasteiger partial charge in [-0.1, -0.05) is 57.2 Å². The zero-order chi connectivity index (χ0) is 23.2. The quantitative estimate of drug-likeness (QED) is 0.206. The summed E-state index contributed by atoms with van der Waals surface area (Å²) in [6.45, 7) is 16.0. The second-order valence-corrected chi connectivity index (χ2v) is 14.3. The normalized spacial score (nSPS) is 20.7. The maximum absolute atomic E-state index is 13.0. The Kier molecular flexibility index (Phi) is 8.57. The lowest BCUT2D eigenvalue weighted by atomic mass is 9.95. The summed E-state index contributed by atoms with van der Waals surface area (Å²) in [7, 11) is -2.16. The Morgan fingerprint density at radius 2 is 1.90 bits per heavy atom. The van der Waals surface area contributed by atoms with Gasteiger partial charge in [0.25, 0.3) is 0 Å². The SMILES string of the molecule is C=CCCCC(O[Si](C)(C)C(C)(C)C)C1=CC(=O)C(c2ccccc2)OC1OC(C)=O. The highest BCUT2D eigenvalue weighted by molar-refractivity contribution is 6.74. The van der Waals surface area contributed by atoms with Gasteiger partial charge < -0.3 is 13.9 Å². The Bertz CT molecular complexity index is 807. The molecule has 0 amide bonds. The lowest BCUT2D eigenvalue weighted by Crippen LogP contribution is -2.47. The number of hydrogen-bond donors (Lipinski definition) is 0. The smallest absolute Gasteiger partial charge is 0.305 e. The molecule has 1 heterocycles. The first-order valence-corrected chi connectivity index (χ1v) is 13.8. The summed E-state index contributed by atoms with van der Waals surface area (Å²) in [5.41, 5.74) is 1.31. The van der Waals surface area contributed by atoms with Crippen LogP contribution < -0.4 is 0 Å². The number of hydrogen-bond acceptors (Lipinski definition) is 5. The molecule has 1 aliphatic heterocycles. The second-order valence-electron chi connectivity index (χ2n) is 9.50. The van der Waals surface area contributed by atoms with Crippen LogP contribution >= 0.6 is 0 Å². The van der Waals surface area contributed by atoms with E-state index in [1.807, 2.05) is 36.4 Å². The van der Waals surface area contributed by atoms with Crippen molar-refractivity contribution in [2.45, 2.75) is 83.6 Å². The second kappa shape index (κ2) is 10.5. The summed E-state index contributed by atoms with van der Waals surface area (Å²) in [6.07, 6.45) is 3.68. The lowest BCUT2D eigenvalue weighted by molar-refractivity contribution is -0.186. The van der Waals surface area contributed by atoms with Gasteiger partial charge in [-0.3, -0.25) is 9.59 Å². The van der Waals surface area contributed by atoms with Gasteiger partial charge >= 0.3 is 5.97 Å². The molecule has 0 aromatic heterocycles. The van der Waals surface area contributed by atoms with Crippen LogP contribution in [0, 0.1) is 0 Å². The highest BCUT2D eigenvalue weighted by Crippen LogP contribution is 2.40. The number of esters is 1. The minimum atomic E-state index is -2.16. The van der Waals surface area contributed by atoms with Gasteiger partial charge in [-0.05, 0) is 49.0 Å². The third-order valence-electron chi connectivity index (χ3n) is 5.96. The molecule has 0 saturated carbocycles. The molecule has 3 unspecified atom stereocenters. The van der Waals surface area contributed by atoms with E-state index < -0.39 is 26.7 Å². The predicted octanol–water partition coefficient (Wildman–Crippen LogP) is 5.89. The van der Waals surface area contributed by atoms with E-state index in [0.717, 1.165) is 18.4 Å². The summed E-state index contributed by atoms with van der Waals surface area (Å²) in [5.74, 6) is -0.633. The maximum Gasteiger partial charge on any atom is 0.305 e. The standard InChI is InChI=1S/C25H36O5Si/c1-8-9-11-16-22(30-31(6,7)25(3,4)5)20-17-21(27)23(19-14-12-10-13-15-19)29-24(20)28-18(2)26/h8,10,12-15,17,22-24H,1,9,11,16H2,2-7H3. The molecule has 0 aliphatic carbocycles. The largest absolute Gasteiger partial charge is 0.432 e. The number of carbonyl (C=O) groups is 2. The maximum atomic E-state index is 13.0. The molecule has 0 bridgehead atoms. The molecule has 0 N–H and O–H groups in total. The van der Waals surface area contributed by atoms with E-state index in [1.165, 1.54) is 6.92 Å². The fourth-order valence-electron chi connectivity index (χ4n) is 3.21. The minimum absolute atomic E-state index is 0.00666. The van der Waals surface area contributed by atoms with Crippen LogP contribution in [0.4, 0.5) is 0 Å². The molecule has 0 spiro atoms. The molecule has 31 heavy (non-hydrogen) atoms. The number of ketones is 1. The first kappa shape index (κ1) is 25.2. The zero-order valence-corrected chi connectivity index (χ0v) is 20.6. The molecule has 0 fully saturated rings. The Hall–Kier alpha value is -2.02. The first-order chi connectivity index (χ1) is 14.5. The molecule has 1 aromatic rings. The molecule has 0 radical (unpaired) electrons. The Morgan fingerprint density at radius 1 is 1.26 bits per heavy atom. The van der Waals surface area contributed by atoms with Crippen molar-refractivity contribution in [1.29, 1.82) is 0 Å². The molecule has 0 saturated heterocycles. The highest BCUT2D eigenvalue weighted by atomic mass is 28.4. The zero-order valence-electron chi connectivity index (χ0n) is 19.6. The molecular weight excluding hydrogens is 408 g/mol.